The number of thioether (sulfide) groups is 1. The number of hydrogen-bond donors (Lipinski definition) is 0. The maximum Gasteiger partial charge on any atom is 0.269 e. The molecule has 0 amide bonds. The van der Waals surface area contributed by atoms with Gasteiger partial charge in [0.2, 0.25) is 0 Å². The van der Waals surface area contributed by atoms with Gasteiger partial charge >= 0.3 is 0 Å². The third kappa shape index (κ3) is 3.92. The summed E-state index contributed by atoms with van der Waals surface area (Å²) in [6.07, 6.45) is 3.05. The van der Waals surface area contributed by atoms with Crippen molar-refractivity contribution < 1.29 is 13.3 Å². The van der Waals surface area contributed by atoms with E-state index in [1.54, 1.807) is 17.9 Å². The van der Waals surface area contributed by atoms with E-state index < -0.39 is 14.8 Å². The highest BCUT2D eigenvalue weighted by molar-refractivity contribution is 7.99. The molecule has 2 rings (SSSR count). The van der Waals surface area contributed by atoms with Crippen LogP contribution in [0.5, 0.6) is 0 Å². The molecule has 0 N–H and O–H groups in total. The number of hydrogen-bond acceptors (Lipinski definition) is 7. The van der Waals surface area contributed by atoms with Gasteiger partial charge in [-0.25, -0.2) is 8.42 Å². The van der Waals surface area contributed by atoms with Crippen LogP contribution in [0.4, 0.5) is 5.69 Å². The smallest absolute Gasteiger partial charge is 0.269 e. The lowest BCUT2D eigenvalue weighted by atomic mass is 10.3. The number of aromatic nitrogens is 3. The Kier molecular flexibility index (Phi) is 4.93. The topological polar surface area (TPSA) is 108 Å². The molecule has 0 fully saturated rings. The Hall–Kier alpha value is -2.20. The standard InChI is InChI=1S/C12H12N4O4S2/c1-15-9-13-14-12(15)21-7-2-8-22(19,20)11-5-3-10(4-6-11)16(17)18/h2-6,8-9H,7H2,1H3. The molecule has 2 aromatic rings. The molecule has 1 aromatic carbocycles. The molecule has 22 heavy (non-hydrogen) atoms. The van der Waals surface area contributed by atoms with Crippen LogP contribution >= 0.6 is 11.8 Å². The Morgan fingerprint density at radius 1 is 1.36 bits per heavy atom. The molecular formula is C12H12N4O4S2. The lowest BCUT2D eigenvalue weighted by molar-refractivity contribution is -0.384. The van der Waals surface area contributed by atoms with Gasteiger partial charge in [-0.15, -0.1) is 10.2 Å². The summed E-state index contributed by atoms with van der Waals surface area (Å²) in [7, 11) is -1.82. The summed E-state index contributed by atoms with van der Waals surface area (Å²) in [5, 5.41) is 19.9. The van der Waals surface area contributed by atoms with Crippen molar-refractivity contribution in [1.29, 1.82) is 0 Å². The number of non-ortho nitro benzene ring substituents is 1. The van der Waals surface area contributed by atoms with Crippen molar-refractivity contribution in [3.63, 3.8) is 0 Å². The fourth-order valence-electron chi connectivity index (χ4n) is 1.53. The van der Waals surface area contributed by atoms with E-state index in [4.69, 9.17) is 0 Å². The quantitative estimate of drug-likeness (QED) is 0.448. The molecule has 0 bridgehead atoms. The lowest BCUT2D eigenvalue weighted by Gasteiger charge is -1.99. The minimum atomic E-state index is -3.61. The first kappa shape index (κ1) is 16.2. The average Bonchev–Trinajstić information content (AvgIpc) is 2.89. The highest BCUT2D eigenvalue weighted by atomic mass is 32.2. The molecule has 0 aliphatic carbocycles. The highest BCUT2D eigenvalue weighted by Crippen LogP contribution is 2.18. The maximum atomic E-state index is 12.0. The minimum Gasteiger partial charge on any atom is -0.312 e. The fourth-order valence-corrected chi connectivity index (χ4v) is 3.37. The molecular weight excluding hydrogens is 328 g/mol. The van der Waals surface area contributed by atoms with Crippen LogP contribution in [0.1, 0.15) is 0 Å². The van der Waals surface area contributed by atoms with Gasteiger partial charge in [0.15, 0.2) is 15.0 Å². The highest BCUT2D eigenvalue weighted by Gasteiger charge is 2.12. The van der Waals surface area contributed by atoms with Crippen molar-refractivity contribution in [3.05, 3.63) is 52.2 Å². The van der Waals surface area contributed by atoms with Gasteiger partial charge < -0.3 is 4.57 Å². The Morgan fingerprint density at radius 3 is 2.59 bits per heavy atom. The zero-order valence-electron chi connectivity index (χ0n) is 11.5. The Bertz CT molecular complexity index is 797. The van der Waals surface area contributed by atoms with Gasteiger partial charge in [0, 0.05) is 30.3 Å². The van der Waals surface area contributed by atoms with Crippen LogP contribution in [0.25, 0.3) is 0 Å². The fraction of sp³-hybridized carbons (Fsp3) is 0.167. The molecule has 0 saturated heterocycles. The molecule has 0 spiro atoms. The van der Waals surface area contributed by atoms with Crippen LogP contribution in [-0.4, -0.2) is 33.9 Å². The van der Waals surface area contributed by atoms with E-state index in [0.29, 0.717) is 10.9 Å². The number of nitro benzene ring substituents is 1. The van der Waals surface area contributed by atoms with E-state index in [-0.39, 0.29) is 10.6 Å². The first-order chi connectivity index (χ1) is 10.4. The Labute approximate surface area is 130 Å². The van der Waals surface area contributed by atoms with Crippen molar-refractivity contribution in [2.45, 2.75) is 10.1 Å². The first-order valence-corrected chi connectivity index (χ1v) is 8.56. The molecule has 0 aliphatic rings. The van der Waals surface area contributed by atoms with E-state index in [2.05, 4.69) is 10.2 Å². The second-order valence-electron chi connectivity index (χ2n) is 4.20. The van der Waals surface area contributed by atoms with Crippen LogP contribution in [-0.2, 0) is 16.9 Å². The normalized spacial score (nSPS) is 11.9. The summed E-state index contributed by atoms with van der Waals surface area (Å²) in [4.78, 5) is 9.97. The number of aryl methyl sites for hydroxylation is 1. The van der Waals surface area contributed by atoms with Crippen molar-refractivity contribution in [2.24, 2.45) is 7.05 Å². The van der Waals surface area contributed by atoms with Crippen LogP contribution < -0.4 is 0 Å². The van der Waals surface area contributed by atoms with E-state index in [0.717, 1.165) is 17.5 Å². The van der Waals surface area contributed by atoms with Gasteiger partial charge in [0.25, 0.3) is 5.69 Å². The Morgan fingerprint density at radius 2 is 2.05 bits per heavy atom. The van der Waals surface area contributed by atoms with E-state index in [9.17, 15) is 18.5 Å². The number of nitro groups is 1. The summed E-state index contributed by atoms with van der Waals surface area (Å²) in [6, 6.07) is 4.76. The lowest BCUT2D eigenvalue weighted by Crippen LogP contribution is -1.97. The number of nitrogens with zero attached hydrogens (tertiary/aromatic N) is 4. The third-order valence-corrected chi connectivity index (χ3v) is 5.10. The van der Waals surface area contributed by atoms with Crippen LogP contribution in [0.2, 0.25) is 0 Å². The van der Waals surface area contributed by atoms with Gasteiger partial charge in [-0.3, -0.25) is 10.1 Å². The minimum absolute atomic E-state index is 0.0120. The summed E-state index contributed by atoms with van der Waals surface area (Å²) >= 11 is 1.34. The maximum absolute atomic E-state index is 12.0. The van der Waals surface area contributed by atoms with Gasteiger partial charge in [0.1, 0.15) is 6.33 Å². The molecule has 0 atom stereocenters. The van der Waals surface area contributed by atoms with Crippen LogP contribution in [0, 0.1) is 10.1 Å². The Balaban J connectivity index is 2.02. The van der Waals surface area contributed by atoms with Gasteiger partial charge in [0.05, 0.1) is 9.82 Å². The van der Waals surface area contributed by atoms with Gasteiger partial charge in [-0.05, 0) is 12.1 Å². The van der Waals surface area contributed by atoms with E-state index in [1.165, 1.54) is 30.0 Å². The zero-order valence-corrected chi connectivity index (χ0v) is 13.1. The van der Waals surface area contributed by atoms with Crippen molar-refractivity contribution in [2.75, 3.05) is 5.75 Å². The van der Waals surface area contributed by atoms with Crippen molar-refractivity contribution >= 4 is 27.3 Å². The molecule has 116 valence electrons. The molecule has 0 saturated carbocycles. The predicted molar refractivity (Wildman–Crippen MR) is 81.1 cm³/mol. The van der Waals surface area contributed by atoms with Crippen molar-refractivity contribution in [3.8, 4) is 0 Å². The second-order valence-corrected chi connectivity index (χ2v) is 7.02. The third-order valence-electron chi connectivity index (χ3n) is 2.63. The summed E-state index contributed by atoms with van der Waals surface area (Å²) in [5.41, 5.74) is -0.152. The van der Waals surface area contributed by atoms with Gasteiger partial charge in [-0.1, -0.05) is 17.8 Å². The number of benzene rings is 1. The second kappa shape index (κ2) is 6.71. The van der Waals surface area contributed by atoms with Crippen LogP contribution in [0.15, 0.2) is 52.1 Å². The summed E-state index contributed by atoms with van der Waals surface area (Å²) in [5.74, 6) is 0.415. The van der Waals surface area contributed by atoms with E-state index in [1.807, 2.05) is 0 Å². The SMILES string of the molecule is Cn1cnnc1SCC=CS(=O)(=O)c1ccc([N+](=O)[O-])cc1. The van der Waals surface area contributed by atoms with E-state index >= 15 is 0 Å². The first-order valence-electron chi connectivity index (χ1n) is 6.03. The predicted octanol–water partition coefficient (Wildman–Crippen LogP) is 1.80. The van der Waals surface area contributed by atoms with Crippen LogP contribution in [0.3, 0.4) is 0 Å². The van der Waals surface area contributed by atoms with Crippen molar-refractivity contribution in [1.82, 2.24) is 14.8 Å². The zero-order chi connectivity index (χ0) is 16.2. The summed E-state index contributed by atoms with van der Waals surface area (Å²) in [6.45, 7) is 0. The number of sulfone groups is 1. The molecule has 8 nitrogen and oxygen atoms in total. The molecule has 0 radical (unpaired) electrons. The molecule has 0 aliphatic heterocycles. The average molecular weight is 340 g/mol. The summed E-state index contributed by atoms with van der Waals surface area (Å²) < 4.78 is 25.8. The molecule has 1 aromatic heterocycles. The largest absolute Gasteiger partial charge is 0.312 e. The molecule has 0 unspecified atom stereocenters. The monoisotopic (exact) mass is 340 g/mol. The molecule has 1 heterocycles. The molecule has 10 heteroatoms. The van der Waals surface area contributed by atoms with Gasteiger partial charge in [-0.2, -0.15) is 0 Å². The number of rotatable bonds is 6.